The van der Waals surface area contributed by atoms with Gasteiger partial charge in [0.05, 0.1) is 12.5 Å². The van der Waals surface area contributed by atoms with Gasteiger partial charge in [-0.1, -0.05) is 24.3 Å². The molecule has 0 aromatic heterocycles. The second kappa shape index (κ2) is 10.2. The largest absolute Gasteiger partial charge is 0.383 e. The molecule has 5 nitrogen and oxygen atoms in total. The SMILES string of the molecule is COCCNC(=O)[C@@H]1CCCN(C2CCN(Cc3ccccc3C)CC2)C1. The van der Waals surface area contributed by atoms with E-state index in [1.807, 2.05) is 0 Å². The molecular weight excluding hydrogens is 338 g/mol. The third kappa shape index (κ3) is 5.77. The van der Waals surface area contributed by atoms with Gasteiger partial charge in [-0.05, 0) is 63.4 Å². The normalized spacial score (nSPS) is 22.7. The number of hydrogen-bond donors (Lipinski definition) is 1. The van der Waals surface area contributed by atoms with Crippen molar-refractivity contribution < 1.29 is 9.53 Å². The van der Waals surface area contributed by atoms with Crippen LogP contribution in [0.4, 0.5) is 0 Å². The van der Waals surface area contributed by atoms with Gasteiger partial charge < -0.3 is 10.1 Å². The van der Waals surface area contributed by atoms with Crippen LogP contribution in [0.1, 0.15) is 36.8 Å². The number of piperidine rings is 2. The minimum atomic E-state index is 0.139. The molecule has 1 amide bonds. The lowest BCUT2D eigenvalue weighted by atomic mass is 9.93. The average Bonchev–Trinajstić information content (AvgIpc) is 2.70. The summed E-state index contributed by atoms with van der Waals surface area (Å²) in [5.41, 5.74) is 2.83. The summed E-state index contributed by atoms with van der Waals surface area (Å²) >= 11 is 0. The number of carbonyl (C=O) groups is 1. The van der Waals surface area contributed by atoms with Crippen molar-refractivity contribution in [1.82, 2.24) is 15.1 Å². The van der Waals surface area contributed by atoms with Crippen molar-refractivity contribution in [3.05, 3.63) is 35.4 Å². The molecule has 2 aliphatic rings. The Kier molecular flexibility index (Phi) is 7.68. The lowest BCUT2D eigenvalue weighted by Crippen LogP contribution is -2.50. The Morgan fingerprint density at radius 2 is 1.96 bits per heavy atom. The zero-order valence-electron chi connectivity index (χ0n) is 17.0. The van der Waals surface area contributed by atoms with E-state index in [-0.39, 0.29) is 11.8 Å². The van der Waals surface area contributed by atoms with Crippen molar-refractivity contribution in [2.24, 2.45) is 5.92 Å². The van der Waals surface area contributed by atoms with Crippen LogP contribution in [-0.2, 0) is 16.1 Å². The maximum absolute atomic E-state index is 12.4. The van der Waals surface area contributed by atoms with Crippen molar-refractivity contribution in [2.75, 3.05) is 46.4 Å². The van der Waals surface area contributed by atoms with Crippen LogP contribution in [0.2, 0.25) is 0 Å². The number of benzene rings is 1. The third-order valence-corrected chi connectivity index (χ3v) is 6.16. The van der Waals surface area contributed by atoms with E-state index in [0.717, 1.165) is 45.6 Å². The van der Waals surface area contributed by atoms with Crippen molar-refractivity contribution in [3.63, 3.8) is 0 Å². The van der Waals surface area contributed by atoms with E-state index in [9.17, 15) is 4.79 Å². The van der Waals surface area contributed by atoms with Gasteiger partial charge in [-0.25, -0.2) is 0 Å². The molecule has 0 spiro atoms. The standard InChI is InChI=1S/C22H35N3O2/c1-18-6-3-4-7-19(18)16-24-13-9-21(10-14-24)25-12-5-8-20(17-25)22(26)23-11-15-27-2/h3-4,6-7,20-21H,5,8-17H2,1-2H3,(H,23,26)/t20-/m1/s1. The first-order valence-electron chi connectivity index (χ1n) is 10.4. The molecule has 0 saturated carbocycles. The fraction of sp³-hybridized carbons (Fsp3) is 0.682. The molecule has 3 rings (SSSR count). The number of nitrogens with zero attached hydrogens (tertiary/aromatic N) is 2. The van der Waals surface area contributed by atoms with Gasteiger partial charge in [0.1, 0.15) is 0 Å². The molecule has 2 fully saturated rings. The lowest BCUT2D eigenvalue weighted by molar-refractivity contribution is -0.127. The molecule has 0 aliphatic carbocycles. The summed E-state index contributed by atoms with van der Waals surface area (Å²) in [6, 6.07) is 9.34. The smallest absolute Gasteiger partial charge is 0.224 e. The van der Waals surface area contributed by atoms with Crippen LogP contribution < -0.4 is 5.32 Å². The Balaban J connectivity index is 1.45. The molecule has 0 bridgehead atoms. The van der Waals surface area contributed by atoms with Crippen LogP contribution in [0.5, 0.6) is 0 Å². The van der Waals surface area contributed by atoms with Crippen LogP contribution in [0.25, 0.3) is 0 Å². The van der Waals surface area contributed by atoms with E-state index in [2.05, 4.69) is 46.3 Å². The number of amides is 1. The third-order valence-electron chi connectivity index (χ3n) is 6.16. The number of ether oxygens (including phenoxy) is 1. The zero-order chi connectivity index (χ0) is 19.1. The summed E-state index contributed by atoms with van der Waals surface area (Å²) in [4.78, 5) is 17.5. The predicted octanol–water partition coefficient (Wildman–Crippen LogP) is 2.43. The van der Waals surface area contributed by atoms with Crippen molar-refractivity contribution in [3.8, 4) is 0 Å². The van der Waals surface area contributed by atoms with E-state index in [1.54, 1.807) is 7.11 Å². The monoisotopic (exact) mass is 373 g/mol. The molecule has 1 aromatic carbocycles. The van der Waals surface area contributed by atoms with E-state index in [1.165, 1.54) is 24.0 Å². The minimum Gasteiger partial charge on any atom is -0.383 e. The first-order valence-corrected chi connectivity index (χ1v) is 10.4. The Hall–Kier alpha value is -1.43. The molecule has 2 aliphatic heterocycles. The summed E-state index contributed by atoms with van der Waals surface area (Å²) < 4.78 is 5.03. The summed E-state index contributed by atoms with van der Waals surface area (Å²) in [5.74, 6) is 0.342. The Labute approximate surface area is 164 Å². The van der Waals surface area contributed by atoms with Gasteiger partial charge in [-0.2, -0.15) is 0 Å². The molecule has 1 atom stereocenters. The van der Waals surface area contributed by atoms with Crippen LogP contribution in [0.15, 0.2) is 24.3 Å². The molecule has 2 saturated heterocycles. The maximum Gasteiger partial charge on any atom is 0.224 e. The van der Waals surface area contributed by atoms with Crippen molar-refractivity contribution in [1.29, 1.82) is 0 Å². The molecule has 2 heterocycles. The fourth-order valence-corrected chi connectivity index (χ4v) is 4.44. The molecule has 0 unspecified atom stereocenters. The highest BCUT2D eigenvalue weighted by atomic mass is 16.5. The number of rotatable bonds is 7. The molecular formula is C22H35N3O2. The summed E-state index contributed by atoms with van der Waals surface area (Å²) in [7, 11) is 1.67. The van der Waals surface area contributed by atoms with Gasteiger partial charge in [0.15, 0.2) is 0 Å². The van der Waals surface area contributed by atoms with Crippen LogP contribution in [-0.4, -0.2) is 68.2 Å². The summed E-state index contributed by atoms with van der Waals surface area (Å²) in [6.07, 6.45) is 4.57. The number of carbonyl (C=O) groups excluding carboxylic acids is 1. The number of hydrogen-bond acceptors (Lipinski definition) is 4. The average molecular weight is 374 g/mol. The first-order chi connectivity index (χ1) is 13.2. The highest BCUT2D eigenvalue weighted by Crippen LogP contribution is 2.25. The Morgan fingerprint density at radius 3 is 2.70 bits per heavy atom. The highest BCUT2D eigenvalue weighted by Gasteiger charge is 2.31. The molecule has 1 N–H and O–H groups in total. The topological polar surface area (TPSA) is 44.8 Å². The molecule has 27 heavy (non-hydrogen) atoms. The first kappa shape index (κ1) is 20.3. The van der Waals surface area contributed by atoms with Crippen molar-refractivity contribution >= 4 is 5.91 Å². The van der Waals surface area contributed by atoms with Gasteiger partial charge in [-0.3, -0.25) is 14.6 Å². The minimum absolute atomic E-state index is 0.139. The van der Waals surface area contributed by atoms with E-state index in [0.29, 0.717) is 19.2 Å². The lowest BCUT2D eigenvalue weighted by Gasteiger charge is -2.42. The summed E-state index contributed by atoms with van der Waals surface area (Å²) in [5, 5.41) is 3.02. The molecule has 5 heteroatoms. The second-order valence-corrected chi connectivity index (χ2v) is 8.05. The number of aryl methyl sites for hydroxylation is 1. The Morgan fingerprint density at radius 1 is 1.19 bits per heavy atom. The van der Waals surface area contributed by atoms with Gasteiger partial charge in [-0.15, -0.1) is 0 Å². The van der Waals surface area contributed by atoms with E-state index >= 15 is 0 Å². The van der Waals surface area contributed by atoms with Crippen molar-refractivity contribution in [2.45, 2.75) is 45.2 Å². The fourth-order valence-electron chi connectivity index (χ4n) is 4.44. The van der Waals surface area contributed by atoms with Gasteiger partial charge in [0, 0.05) is 32.8 Å². The number of methoxy groups -OCH3 is 1. The maximum atomic E-state index is 12.4. The van der Waals surface area contributed by atoms with Gasteiger partial charge >= 0.3 is 0 Å². The van der Waals surface area contributed by atoms with Gasteiger partial charge in [0.2, 0.25) is 5.91 Å². The molecule has 0 radical (unpaired) electrons. The van der Waals surface area contributed by atoms with Crippen LogP contribution >= 0.6 is 0 Å². The zero-order valence-corrected chi connectivity index (χ0v) is 17.0. The Bertz CT molecular complexity index is 599. The van der Waals surface area contributed by atoms with Crippen LogP contribution in [0.3, 0.4) is 0 Å². The highest BCUT2D eigenvalue weighted by molar-refractivity contribution is 5.78. The molecule has 1 aromatic rings. The quantitative estimate of drug-likeness (QED) is 0.746. The molecule has 150 valence electrons. The van der Waals surface area contributed by atoms with E-state index in [4.69, 9.17) is 4.74 Å². The number of likely N-dealkylation sites (tertiary alicyclic amines) is 2. The predicted molar refractivity (Wildman–Crippen MR) is 109 cm³/mol. The number of nitrogens with one attached hydrogen (secondary N) is 1. The summed E-state index contributed by atoms with van der Waals surface area (Å²) in [6.45, 7) is 8.83. The van der Waals surface area contributed by atoms with Gasteiger partial charge in [0.25, 0.3) is 0 Å². The van der Waals surface area contributed by atoms with E-state index < -0.39 is 0 Å². The second-order valence-electron chi connectivity index (χ2n) is 8.05. The van der Waals surface area contributed by atoms with Crippen LogP contribution in [0, 0.1) is 12.8 Å².